The predicted octanol–water partition coefficient (Wildman–Crippen LogP) is 3.91. The van der Waals surface area contributed by atoms with Crippen LogP contribution in [0.5, 0.6) is 0 Å². The number of allylic oxidation sites excluding steroid dienone is 1. The molecule has 15 heavy (non-hydrogen) atoms. The maximum absolute atomic E-state index is 11.6. The lowest BCUT2D eigenvalue weighted by Crippen LogP contribution is -2.03. The summed E-state index contributed by atoms with van der Waals surface area (Å²) in [4.78, 5) is 11.6. The minimum absolute atomic E-state index is 0.151. The SMILES string of the molecule is O=C1CCCCCCCCCCC1=CO. The summed E-state index contributed by atoms with van der Waals surface area (Å²) in [7, 11) is 0. The molecule has 0 amide bonds. The van der Waals surface area contributed by atoms with Crippen molar-refractivity contribution in [2.24, 2.45) is 0 Å². The number of hydrogen-bond donors (Lipinski definition) is 1. The first-order valence-electron chi connectivity index (χ1n) is 6.21. The lowest BCUT2D eigenvalue weighted by molar-refractivity contribution is -0.116. The average molecular weight is 210 g/mol. The molecule has 0 spiro atoms. The zero-order valence-corrected chi connectivity index (χ0v) is 9.50. The lowest BCUT2D eigenvalue weighted by Gasteiger charge is -2.08. The third kappa shape index (κ3) is 5.01. The molecule has 0 aliphatic heterocycles. The zero-order chi connectivity index (χ0) is 10.9. The molecule has 1 aliphatic rings. The first-order chi connectivity index (χ1) is 7.34. The van der Waals surface area contributed by atoms with Crippen molar-refractivity contribution < 1.29 is 9.90 Å². The molecule has 0 aromatic rings. The van der Waals surface area contributed by atoms with Crippen LogP contribution in [0.15, 0.2) is 11.8 Å². The second-order valence-corrected chi connectivity index (χ2v) is 4.41. The smallest absolute Gasteiger partial charge is 0.161 e. The van der Waals surface area contributed by atoms with E-state index >= 15 is 0 Å². The minimum Gasteiger partial charge on any atom is -0.515 e. The normalized spacial score (nSPS) is 24.5. The molecule has 1 aliphatic carbocycles. The van der Waals surface area contributed by atoms with Crippen molar-refractivity contribution in [2.45, 2.75) is 64.2 Å². The van der Waals surface area contributed by atoms with Gasteiger partial charge in [-0.2, -0.15) is 0 Å². The van der Waals surface area contributed by atoms with Crippen molar-refractivity contribution in [3.63, 3.8) is 0 Å². The highest BCUT2D eigenvalue weighted by Crippen LogP contribution is 2.17. The standard InChI is InChI=1S/C13H22O2/c14-11-12-9-7-5-3-1-2-4-6-8-10-13(12)15/h11,14H,1-10H2. The van der Waals surface area contributed by atoms with Gasteiger partial charge in [-0.1, -0.05) is 38.5 Å². The van der Waals surface area contributed by atoms with Gasteiger partial charge in [0, 0.05) is 12.0 Å². The topological polar surface area (TPSA) is 37.3 Å². The Bertz CT molecular complexity index is 219. The van der Waals surface area contributed by atoms with Gasteiger partial charge in [0.05, 0.1) is 6.26 Å². The van der Waals surface area contributed by atoms with Crippen LogP contribution in [0.3, 0.4) is 0 Å². The van der Waals surface area contributed by atoms with Crippen LogP contribution < -0.4 is 0 Å². The van der Waals surface area contributed by atoms with Gasteiger partial charge in [0.25, 0.3) is 0 Å². The van der Waals surface area contributed by atoms with E-state index in [-0.39, 0.29) is 5.78 Å². The summed E-state index contributed by atoms with van der Waals surface area (Å²) < 4.78 is 0. The molecule has 0 aromatic heterocycles. The predicted molar refractivity (Wildman–Crippen MR) is 61.9 cm³/mol. The van der Waals surface area contributed by atoms with E-state index in [9.17, 15) is 4.79 Å². The Kier molecular flexibility index (Phi) is 6.14. The first kappa shape index (κ1) is 12.3. The summed E-state index contributed by atoms with van der Waals surface area (Å²) in [6, 6.07) is 0. The Morgan fingerprint density at radius 3 is 1.80 bits per heavy atom. The molecular formula is C13H22O2. The fourth-order valence-corrected chi connectivity index (χ4v) is 2.10. The van der Waals surface area contributed by atoms with E-state index in [1.165, 1.54) is 32.1 Å². The molecule has 2 nitrogen and oxygen atoms in total. The van der Waals surface area contributed by atoms with Gasteiger partial charge >= 0.3 is 0 Å². The Morgan fingerprint density at radius 2 is 1.27 bits per heavy atom. The molecule has 0 radical (unpaired) electrons. The van der Waals surface area contributed by atoms with E-state index in [1.807, 2.05) is 0 Å². The number of hydrogen-bond acceptors (Lipinski definition) is 2. The highest BCUT2D eigenvalue weighted by Gasteiger charge is 2.09. The molecule has 0 bridgehead atoms. The van der Waals surface area contributed by atoms with E-state index in [1.54, 1.807) is 0 Å². The van der Waals surface area contributed by atoms with Crippen molar-refractivity contribution >= 4 is 5.78 Å². The van der Waals surface area contributed by atoms with Crippen LogP contribution in [-0.2, 0) is 4.79 Å². The van der Waals surface area contributed by atoms with Crippen LogP contribution in [0, 0.1) is 0 Å². The number of aliphatic hydroxyl groups excluding tert-OH is 1. The van der Waals surface area contributed by atoms with Crippen molar-refractivity contribution in [3.8, 4) is 0 Å². The van der Waals surface area contributed by atoms with E-state index in [2.05, 4.69) is 0 Å². The molecular weight excluding hydrogens is 188 g/mol. The van der Waals surface area contributed by atoms with Gasteiger partial charge in [-0.05, 0) is 19.3 Å². The molecule has 1 N–H and O–H groups in total. The van der Waals surface area contributed by atoms with Crippen LogP contribution in [0.2, 0.25) is 0 Å². The fraction of sp³-hybridized carbons (Fsp3) is 0.769. The minimum atomic E-state index is 0.151. The molecule has 1 rings (SSSR count). The maximum atomic E-state index is 11.6. The second kappa shape index (κ2) is 7.49. The zero-order valence-electron chi connectivity index (χ0n) is 9.50. The molecule has 1 saturated carbocycles. The van der Waals surface area contributed by atoms with E-state index in [0.717, 1.165) is 31.9 Å². The van der Waals surface area contributed by atoms with Gasteiger partial charge in [-0.25, -0.2) is 0 Å². The maximum Gasteiger partial charge on any atom is 0.161 e. The molecule has 2 heteroatoms. The molecule has 0 atom stereocenters. The number of rotatable bonds is 0. The third-order valence-corrected chi connectivity index (χ3v) is 3.11. The van der Waals surface area contributed by atoms with Gasteiger partial charge in [-0.3, -0.25) is 4.79 Å². The number of ketones is 1. The largest absolute Gasteiger partial charge is 0.515 e. The van der Waals surface area contributed by atoms with Crippen molar-refractivity contribution in [1.82, 2.24) is 0 Å². The van der Waals surface area contributed by atoms with Crippen LogP contribution in [0.25, 0.3) is 0 Å². The quantitative estimate of drug-likeness (QED) is 0.486. The van der Waals surface area contributed by atoms with Crippen molar-refractivity contribution in [1.29, 1.82) is 0 Å². The number of carbonyl (C=O) groups is 1. The second-order valence-electron chi connectivity index (χ2n) is 4.41. The molecule has 0 saturated heterocycles. The van der Waals surface area contributed by atoms with E-state index in [0.29, 0.717) is 12.0 Å². The highest BCUT2D eigenvalue weighted by molar-refractivity contribution is 5.94. The van der Waals surface area contributed by atoms with Gasteiger partial charge in [0.1, 0.15) is 0 Å². The summed E-state index contributed by atoms with van der Waals surface area (Å²) in [6.07, 6.45) is 11.9. The summed E-state index contributed by atoms with van der Waals surface area (Å²) in [6.45, 7) is 0. The van der Waals surface area contributed by atoms with Crippen LogP contribution in [-0.4, -0.2) is 10.9 Å². The highest BCUT2D eigenvalue weighted by atomic mass is 16.2. The third-order valence-electron chi connectivity index (χ3n) is 3.11. The van der Waals surface area contributed by atoms with Gasteiger partial charge < -0.3 is 5.11 Å². The number of aliphatic hydroxyl groups is 1. The van der Waals surface area contributed by atoms with Crippen LogP contribution >= 0.6 is 0 Å². The van der Waals surface area contributed by atoms with Crippen molar-refractivity contribution in [2.75, 3.05) is 0 Å². The van der Waals surface area contributed by atoms with Crippen molar-refractivity contribution in [3.05, 3.63) is 11.8 Å². The van der Waals surface area contributed by atoms with E-state index in [4.69, 9.17) is 5.11 Å². The Balaban J connectivity index is 2.41. The monoisotopic (exact) mass is 210 g/mol. The Labute approximate surface area is 92.4 Å². The van der Waals surface area contributed by atoms with Crippen LogP contribution in [0.1, 0.15) is 64.2 Å². The van der Waals surface area contributed by atoms with Gasteiger partial charge in [0.15, 0.2) is 5.78 Å². The Morgan fingerprint density at radius 1 is 0.800 bits per heavy atom. The summed E-state index contributed by atoms with van der Waals surface area (Å²) in [5, 5.41) is 8.98. The molecule has 86 valence electrons. The van der Waals surface area contributed by atoms with Gasteiger partial charge in [0.2, 0.25) is 0 Å². The number of Topliss-reactive ketones (excluding diaryl/α,β-unsaturated/α-hetero) is 1. The molecule has 0 aromatic carbocycles. The summed E-state index contributed by atoms with van der Waals surface area (Å²) in [5.41, 5.74) is 0.635. The van der Waals surface area contributed by atoms with Crippen LogP contribution in [0.4, 0.5) is 0 Å². The lowest BCUT2D eigenvalue weighted by atomic mass is 9.97. The number of carbonyl (C=O) groups excluding carboxylic acids is 1. The van der Waals surface area contributed by atoms with Gasteiger partial charge in [-0.15, -0.1) is 0 Å². The summed E-state index contributed by atoms with van der Waals surface area (Å²) >= 11 is 0. The average Bonchev–Trinajstić information content (AvgIpc) is 2.23. The molecule has 0 heterocycles. The molecule has 1 fully saturated rings. The fourth-order valence-electron chi connectivity index (χ4n) is 2.10. The summed E-state index contributed by atoms with van der Waals surface area (Å²) in [5.74, 6) is 0.151. The Hall–Kier alpha value is -0.790. The van der Waals surface area contributed by atoms with E-state index < -0.39 is 0 Å². The first-order valence-corrected chi connectivity index (χ1v) is 6.21. The molecule has 0 unspecified atom stereocenters.